The molecule has 2 fully saturated rings. The topological polar surface area (TPSA) is 42.4 Å². The van der Waals surface area contributed by atoms with Crippen molar-refractivity contribution >= 4 is 32.6 Å². The van der Waals surface area contributed by atoms with Crippen LogP contribution >= 0.6 is 11.3 Å². The normalized spacial score (nSPS) is 21.7. The van der Waals surface area contributed by atoms with Crippen LogP contribution in [0.1, 0.15) is 50.5 Å². The lowest BCUT2D eigenvalue weighted by Crippen LogP contribution is -2.41. The van der Waals surface area contributed by atoms with Gasteiger partial charge < -0.3 is 4.74 Å². The van der Waals surface area contributed by atoms with E-state index < -0.39 is 0 Å². The number of hydrogen-bond donors (Lipinski definition) is 0. The third-order valence-corrected chi connectivity index (χ3v) is 6.44. The molecule has 1 aliphatic heterocycles. The second-order valence-corrected chi connectivity index (χ2v) is 8.40. The molecule has 1 aliphatic carbocycles. The van der Waals surface area contributed by atoms with E-state index in [4.69, 9.17) is 9.72 Å². The molecule has 1 atom stereocenters. The van der Waals surface area contributed by atoms with E-state index in [1.54, 1.807) is 11.3 Å². The fraction of sp³-hybridized carbons (Fsp3) is 0.600. The number of amides is 1. The monoisotopic (exact) mass is 358 g/mol. The van der Waals surface area contributed by atoms with Crippen LogP contribution in [0.2, 0.25) is 0 Å². The summed E-state index contributed by atoms with van der Waals surface area (Å²) in [7, 11) is 0. The van der Waals surface area contributed by atoms with Crippen LogP contribution in [0.5, 0.6) is 0 Å². The van der Waals surface area contributed by atoms with Gasteiger partial charge in [-0.25, -0.2) is 4.98 Å². The Morgan fingerprint density at radius 1 is 1.24 bits per heavy atom. The van der Waals surface area contributed by atoms with Gasteiger partial charge in [-0.05, 0) is 50.3 Å². The number of carbonyl (C=O) groups excluding carboxylic acids is 1. The number of fused-ring (bicyclic) bond motifs is 1. The lowest BCUT2D eigenvalue weighted by molar-refractivity contribution is -0.123. The molecule has 1 saturated heterocycles. The number of thiazole rings is 1. The van der Waals surface area contributed by atoms with Crippen molar-refractivity contribution < 1.29 is 9.53 Å². The highest BCUT2D eigenvalue weighted by molar-refractivity contribution is 7.22. The van der Waals surface area contributed by atoms with Gasteiger partial charge in [-0.2, -0.15) is 0 Å². The largest absolute Gasteiger partial charge is 0.376 e. The molecule has 1 saturated carbocycles. The maximum atomic E-state index is 13.3. The summed E-state index contributed by atoms with van der Waals surface area (Å²) in [5, 5.41) is 0.840. The molecule has 0 bridgehead atoms. The molecule has 0 spiro atoms. The minimum Gasteiger partial charge on any atom is -0.376 e. The molecule has 0 radical (unpaired) electrons. The molecule has 2 aliphatic rings. The Labute approximate surface area is 153 Å². The lowest BCUT2D eigenvalue weighted by Gasteiger charge is -2.29. The number of benzene rings is 1. The van der Waals surface area contributed by atoms with Crippen LogP contribution in [0.4, 0.5) is 5.13 Å². The zero-order valence-electron chi connectivity index (χ0n) is 14.9. The number of carbonyl (C=O) groups is 1. The molecule has 2 heterocycles. The summed E-state index contributed by atoms with van der Waals surface area (Å²) >= 11 is 1.63. The number of ether oxygens (including phenoxy) is 1. The molecule has 1 amide bonds. The summed E-state index contributed by atoms with van der Waals surface area (Å²) < 4.78 is 6.97. The quantitative estimate of drug-likeness (QED) is 0.796. The molecule has 2 aromatic rings. The number of rotatable bonds is 4. The van der Waals surface area contributed by atoms with Gasteiger partial charge in [0.15, 0.2) is 5.13 Å². The highest BCUT2D eigenvalue weighted by Crippen LogP contribution is 2.33. The number of aromatic nitrogens is 1. The minimum absolute atomic E-state index is 0.154. The minimum atomic E-state index is 0.154. The van der Waals surface area contributed by atoms with Gasteiger partial charge in [-0.1, -0.05) is 36.7 Å². The first-order valence-corrected chi connectivity index (χ1v) is 10.3. The Morgan fingerprint density at radius 3 is 2.84 bits per heavy atom. The van der Waals surface area contributed by atoms with Gasteiger partial charge in [0.2, 0.25) is 5.91 Å². The van der Waals surface area contributed by atoms with Crippen molar-refractivity contribution in [1.29, 1.82) is 0 Å². The lowest BCUT2D eigenvalue weighted by atomic mass is 9.88. The Balaban J connectivity index is 1.63. The molecule has 1 aromatic carbocycles. The first-order chi connectivity index (χ1) is 12.2. The van der Waals surface area contributed by atoms with Crippen molar-refractivity contribution in [3.05, 3.63) is 23.8 Å². The summed E-state index contributed by atoms with van der Waals surface area (Å²) in [5.74, 6) is 0.412. The first-order valence-electron chi connectivity index (χ1n) is 9.51. The molecular formula is C20H26N2O2S. The van der Waals surface area contributed by atoms with Crippen LogP contribution in [0, 0.1) is 12.8 Å². The molecule has 25 heavy (non-hydrogen) atoms. The zero-order valence-corrected chi connectivity index (χ0v) is 15.7. The molecular weight excluding hydrogens is 332 g/mol. The predicted octanol–water partition coefficient (Wildman–Crippen LogP) is 4.70. The Bertz CT molecular complexity index is 745. The van der Waals surface area contributed by atoms with Gasteiger partial charge in [0.1, 0.15) is 0 Å². The summed E-state index contributed by atoms with van der Waals surface area (Å²) in [6.07, 6.45) is 7.92. The maximum Gasteiger partial charge on any atom is 0.231 e. The zero-order chi connectivity index (χ0) is 17.2. The van der Waals surface area contributed by atoms with E-state index in [9.17, 15) is 4.79 Å². The standard InChI is InChI=1S/C20H26N2O2S/c1-14-9-10-17-18(12-14)25-20(21-17)22(13-16-8-5-11-24-16)19(23)15-6-3-2-4-7-15/h9-10,12,15-16H,2-8,11,13H2,1H3. The molecule has 1 aromatic heterocycles. The third kappa shape index (κ3) is 3.72. The molecule has 134 valence electrons. The van der Waals surface area contributed by atoms with E-state index >= 15 is 0 Å². The number of aryl methyl sites for hydroxylation is 1. The van der Waals surface area contributed by atoms with Crippen molar-refractivity contribution in [3.8, 4) is 0 Å². The SMILES string of the molecule is Cc1ccc2nc(N(CC3CCCO3)C(=O)C3CCCCC3)sc2c1. The van der Waals surface area contributed by atoms with E-state index in [0.29, 0.717) is 6.54 Å². The van der Waals surface area contributed by atoms with E-state index in [0.717, 1.165) is 47.6 Å². The second kappa shape index (κ2) is 7.42. The van der Waals surface area contributed by atoms with E-state index in [1.807, 2.05) is 4.90 Å². The molecule has 5 heteroatoms. The fourth-order valence-electron chi connectivity index (χ4n) is 3.96. The highest BCUT2D eigenvalue weighted by atomic mass is 32.1. The number of anilines is 1. The number of hydrogen-bond acceptors (Lipinski definition) is 4. The second-order valence-electron chi connectivity index (χ2n) is 7.39. The Kier molecular flexibility index (Phi) is 5.04. The smallest absolute Gasteiger partial charge is 0.231 e. The van der Waals surface area contributed by atoms with E-state index in [2.05, 4.69) is 25.1 Å². The Hall–Kier alpha value is -1.46. The van der Waals surface area contributed by atoms with E-state index in [1.165, 1.54) is 24.8 Å². The van der Waals surface area contributed by atoms with Crippen LogP contribution < -0.4 is 4.90 Å². The number of nitrogens with zero attached hydrogens (tertiary/aromatic N) is 2. The van der Waals surface area contributed by atoms with Crippen LogP contribution in [-0.2, 0) is 9.53 Å². The van der Waals surface area contributed by atoms with Gasteiger partial charge >= 0.3 is 0 Å². The summed E-state index contributed by atoms with van der Waals surface area (Å²) in [4.78, 5) is 20.0. The van der Waals surface area contributed by atoms with Gasteiger partial charge in [-0.3, -0.25) is 9.69 Å². The van der Waals surface area contributed by atoms with Crippen molar-refractivity contribution in [2.75, 3.05) is 18.1 Å². The van der Waals surface area contributed by atoms with Gasteiger partial charge in [-0.15, -0.1) is 0 Å². The molecule has 0 N–H and O–H groups in total. The Morgan fingerprint density at radius 2 is 2.08 bits per heavy atom. The third-order valence-electron chi connectivity index (χ3n) is 5.39. The van der Waals surface area contributed by atoms with Gasteiger partial charge in [0, 0.05) is 12.5 Å². The van der Waals surface area contributed by atoms with Gasteiger partial charge in [0.05, 0.1) is 22.9 Å². The van der Waals surface area contributed by atoms with Crippen LogP contribution in [0.15, 0.2) is 18.2 Å². The maximum absolute atomic E-state index is 13.3. The average Bonchev–Trinajstić information content (AvgIpc) is 3.28. The van der Waals surface area contributed by atoms with Crippen molar-refractivity contribution in [2.45, 2.75) is 58.0 Å². The van der Waals surface area contributed by atoms with Crippen molar-refractivity contribution in [1.82, 2.24) is 4.98 Å². The summed E-state index contributed by atoms with van der Waals surface area (Å²) in [5.41, 5.74) is 2.21. The van der Waals surface area contributed by atoms with E-state index in [-0.39, 0.29) is 17.9 Å². The molecule has 4 nitrogen and oxygen atoms in total. The fourth-order valence-corrected chi connectivity index (χ4v) is 5.04. The van der Waals surface area contributed by atoms with Gasteiger partial charge in [0.25, 0.3) is 0 Å². The van der Waals surface area contributed by atoms with Crippen LogP contribution in [0.3, 0.4) is 0 Å². The summed E-state index contributed by atoms with van der Waals surface area (Å²) in [6.45, 7) is 3.56. The van der Waals surface area contributed by atoms with Crippen molar-refractivity contribution in [2.24, 2.45) is 5.92 Å². The van der Waals surface area contributed by atoms with Crippen LogP contribution in [0.25, 0.3) is 10.2 Å². The molecule has 1 unspecified atom stereocenters. The predicted molar refractivity (Wildman–Crippen MR) is 102 cm³/mol. The highest BCUT2D eigenvalue weighted by Gasteiger charge is 2.31. The summed E-state index contributed by atoms with van der Waals surface area (Å²) in [6, 6.07) is 6.30. The average molecular weight is 359 g/mol. The van der Waals surface area contributed by atoms with Crippen LogP contribution in [-0.4, -0.2) is 30.1 Å². The van der Waals surface area contributed by atoms with Crippen molar-refractivity contribution in [3.63, 3.8) is 0 Å². The first kappa shape index (κ1) is 17.0. The molecule has 4 rings (SSSR count).